The van der Waals surface area contributed by atoms with Crippen molar-refractivity contribution in [2.24, 2.45) is 0 Å². The normalized spacial score (nSPS) is 17.1. The van der Waals surface area contributed by atoms with Crippen LogP contribution in [0.4, 0.5) is 5.69 Å². The molecule has 18 heavy (non-hydrogen) atoms. The maximum absolute atomic E-state index is 6.01. The van der Waals surface area contributed by atoms with Crippen molar-refractivity contribution in [3.8, 4) is 0 Å². The van der Waals surface area contributed by atoms with E-state index >= 15 is 0 Å². The van der Waals surface area contributed by atoms with Gasteiger partial charge in [-0.1, -0.05) is 40.2 Å². The largest absolute Gasteiger partial charge is 0.398 e. The van der Waals surface area contributed by atoms with Gasteiger partial charge in [0.2, 0.25) is 0 Å². The molecule has 0 fully saturated rings. The molecule has 0 bridgehead atoms. The maximum atomic E-state index is 6.01. The van der Waals surface area contributed by atoms with E-state index in [9.17, 15) is 0 Å². The fourth-order valence-corrected chi connectivity index (χ4v) is 3.80. The van der Waals surface area contributed by atoms with Gasteiger partial charge in [-0.15, -0.1) is 11.8 Å². The van der Waals surface area contributed by atoms with Crippen LogP contribution in [0, 0.1) is 0 Å². The Morgan fingerprint density at radius 3 is 2.83 bits per heavy atom. The number of thioether (sulfide) groups is 1. The second kappa shape index (κ2) is 4.98. The Hall–Kier alpha value is -0.930. The molecule has 0 amide bonds. The van der Waals surface area contributed by atoms with Gasteiger partial charge in [-0.05, 0) is 41.7 Å². The fraction of sp³-hybridized carbons (Fsp3) is 0.200. The SMILES string of the molecule is Nc1cc(Br)ccc1SCC1Cc2ccccc21. The van der Waals surface area contributed by atoms with Gasteiger partial charge in [0.25, 0.3) is 0 Å². The number of nitrogens with two attached hydrogens (primary N) is 1. The molecule has 2 aromatic carbocycles. The van der Waals surface area contributed by atoms with Crippen molar-refractivity contribution in [1.82, 2.24) is 0 Å². The van der Waals surface area contributed by atoms with Crippen molar-refractivity contribution in [2.75, 3.05) is 11.5 Å². The topological polar surface area (TPSA) is 26.0 Å². The summed E-state index contributed by atoms with van der Waals surface area (Å²) in [4.78, 5) is 1.18. The highest BCUT2D eigenvalue weighted by Crippen LogP contribution is 2.39. The molecule has 0 saturated heterocycles. The Bertz CT molecular complexity index is 582. The fourth-order valence-electron chi connectivity index (χ4n) is 2.35. The average molecular weight is 320 g/mol. The molecule has 2 aromatic rings. The minimum Gasteiger partial charge on any atom is -0.398 e. The molecule has 0 aliphatic heterocycles. The number of anilines is 1. The third kappa shape index (κ3) is 2.29. The first kappa shape index (κ1) is 12.1. The van der Waals surface area contributed by atoms with Gasteiger partial charge < -0.3 is 5.73 Å². The smallest absolute Gasteiger partial charge is 0.0463 e. The summed E-state index contributed by atoms with van der Waals surface area (Å²) in [6, 6.07) is 14.8. The molecule has 1 nitrogen and oxygen atoms in total. The highest BCUT2D eigenvalue weighted by atomic mass is 79.9. The number of nitrogen functional groups attached to an aromatic ring is 1. The van der Waals surface area contributed by atoms with Gasteiger partial charge in [-0.3, -0.25) is 0 Å². The molecule has 3 rings (SSSR count). The Balaban J connectivity index is 1.66. The predicted octanol–water partition coefficient (Wildman–Crippen LogP) is 4.46. The zero-order valence-electron chi connectivity index (χ0n) is 9.90. The summed E-state index contributed by atoms with van der Waals surface area (Å²) in [5.41, 5.74) is 9.89. The number of rotatable bonds is 3. The number of hydrogen-bond donors (Lipinski definition) is 1. The molecule has 1 aliphatic rings. The van der Waals surface area contributed by atoms with E-state index in [4.69, 9.17) is 5.73 Å². The monoisotopic (exact) mass is 319 g/mol. The van der Waals surface area contributed by atoms with Crippen LogP contribution >= 0.6 is 27.7 Å². The lowest BCUT2D eigenvalue weighted by Gasteiger charge is -2.29. The van der Waals surface area contributed by atoms with Gasteiger partial charge >= 0.3 is 0 Å². The number of benzene rings is 2. The van der Waals surface area contributed by atoms with Crippen molar-refractivity contribution < 1.29 is 0 Å². The molecule has 3 heteroatoms. The summed E-state index contributed by atoms with van der Waals surface area (Å²) < 4.78 is 1.04. The first-order chi connectivity index (χ1) is 8.74. The maximum Gasteiger partial charge on any atom is 0.0463 e. The number of halogens is 1. The van der Waals surface area contributed by atoms with E-state index in [2.05, 4.69) is 46.3 Å². The van der Waals surface area contributed by atoms with Crippen LogP contribution in [0.5, 0.6) is 0 Å². The van der Waals surface area contributed by atoms with Crippen LogP contribution in [-0.2, 0) is 6.42 Å². The van der Waals surface area contributed by atoms with Crippen LogP contribution in [-0.4, -0.2) is 5.75 Å². The molecule has 0 radical (unpaired) electrons. The van der Waals surface area contributed by atoms with Gasteiger partial charge in [-0.2, -0.15) is 0 Å². The van der Waals surface area contributed by atoms with Crippen LogP contribution in [0.1, 0.15) is 17.0 Å². The van der Waals surface area contributed by atoms with E-state index in [1.54, 1.807) is 0 Å². The van der Waals surface area contributed by atoms with E-state index in [1.165, 1.54) is 22.4 Å². The zero-order valence-corrected chi connectivity index (χ0v) is 12.3. The molecule has 0 spiro atoms. The third-order valence-corrected chi connectivity index (χ3v) is 5.12. The van der Waals surface area contributed by atoms with Crippen molar-refractivity contribution >= 4 is 33.4 Å². The Kier molecular flexibility index (Phi) is 3.35. The van der Waals surface area contributed by atoms with Crippen LogP contribution in [0.15, 0.2) is 51.8 Å². The van der Waals surface area contributed by atoms with Crippen molar-refractivity contribution in [2.45, 2.75) is 17.2 Å². The molecule has 92 valence electrons. The Morgan fingerprint density at radius 1 is 1.22 bits per heavy atom. The van der Waals surface area contributed by atoms with Crippen molar-refractivity contribution in [3.05, 3.63) is 58.1 Å². The number of hydrogen-bond acceptors (Lipinski definition) is 2. The number of fused-ring (bicyclic) bond motifs is 1. The summed E-state index contributed by atoms with van der Waals surface area (Å²) in [7, 11) is 0. The Morgan fingerprint density at radius 2 is 2.06 bits per heavy atom. The molecular formula is C15H14BrNS. The standard InChI is InChI=1S/C15H14BrNS/c16-12-5-6-15(14(17)8-12)18-9-11-7-10-3-1-2-4-13(10)11/h1-6,8,11H,7,9,17H2. The first-order valence-corrected chi connectivity index (χ1v) is 7.77. The van der Waals surface area contributed by atoms with Crippen LogP contribution in [0.2, 0.25) is 0 Å². The lowest BCUT2D eigenvalue weighted by Crippen LogP contribution is -2.18. The lowest BCUT2D eigenvalue weighted by molar-refractivity contribution is 0.677. The summed E-state index contributed by atoms with van der Waals surface area (Å²) in [5.74, 6) is 1.80. The molecule has 2 N–H and O–H groups in total. The van der Waals surface area contributed by atoms with E-state index in [1.807, 2.05) is 23.9 Å². The molecule has 1 unspecified atom stereocenters. The van der Waals surface area contributed by atoms with E-state index in [-0.39, 0.29) is 0 Å². The molecular weight excluding hydrogens is 306 g/mol. The average Bonchev–Trinajstić information content (AvgIpc) is 2.33. The zero-order chi connectivity index (χ0) is 12.5. The molecule has 1 atom stereocenters. The minimum atomic E-state index is 0.689. The first-order valence-electron chi connectivity index (χ1n) is 5.99. The summed E-state index contributed by atoms with van der Waals surface area (Å²) in [5, 5.41) is 0. The van der Waals surface area contributed by atoms with E-state index in [0.717, 1.165) is 15.9 Å². The predicted molar refractivity (Wildman–Crippen MR) is 82.2 cm³/mol. The van der Waals surface area contributed by atoms with Gasteiger partial charge in [0.15, 0.2) is 0 Å². The lowest BCUT2D eigenvalue weighted by atomic mass is 9.79. The second-order valence-corrected chi connectivity index (χ2v) is 6.57. The third-order valence-electron chi connectivity index (χ3n) is 3.37. The van der Waals surface area contributed by atoms with Crippen molar-refractivity contribution in [1.29, 1.82) is 0 Å². The summed E-state index contributed by atoms with van der Waals surface area (Å²) >= 11 is 5.29. The molecule has 1 aliphatic carbocycles. The molecule has 0 saturated carbocycles. The summed E-state index contributed by atoms with van der Waals surface area (Å²) in [6.07, 6.45) is 1.21. The highest BCUT2D eigenvalue weighted by molar-refractivity contribution is 9.10. The van der Waals surface area contributed by atoms with Crippen molar-refractivity contribution in [3.63, 3.8) is 0 Å². The van der Waals surface area contributed by atoms with E-state index < -0.39 is 0 Å². The van der Waals surface area contributed by atoms with Gasteiger partial charge in [0.05, 0.1) is 0 Å². The van der Waals surface area contributed by atoms with Crippen LogP contribution in [0.3, 0.4) is 0 Å². The van der Waals surface area contributed by atoms with Crippen LogP contribution in [0.25, 0.3) is 0 Å². The Labute approximate surface area is 120 Å². The highest BCUT2D eigenvalue weighted by Gasteiger charge is 2.25. The van der Waals surface area contributed by atoms with Gasteiger partial charge in [-0.25, -0.2) is 0 Å². The quantitative estimate of drug-likeness (QED) is 0.667. The minimum absolute atomic E-state index is 0.689. The molecule has 0 aromatic heterocycles. The van der Waals surface area contributed by atoms with E-state index in [0.29, 0.717) is 5.92 Å². The summed E-state index contributed by atoms with van der Waals surface area (Å²) in [6.45, 7) is 0. The van der Waals surface area contributed by atoms with Gasteiger partial charge in [0.1, 0.15) is 0 Å². The second-order valence-electron chi connectivity index (χ2n) is 4.59. The molecule has 0 heterocycles. The van der Waals surface area contributed by atoms with Crippen LogP contribution < -0.4 is 5.73 Å². The van der Waals surface area contributed by atoms with Gasteiger partial charge in [0, 0.05) is 20.8 Å².